The van der Waals surface area contributed by atoms with E-state index in [4.69, 9.17) is 4.74 Å². The van der Waals surface area contributed by atoms with Crippen LogP contribution in [0.1, 0.15) is 33.1 Å². The van der Waals surface area contributed by atoms with Crippen LogP contribution in [0.25, 0.3) is 0 Å². The fourth-order valence-electron chi connectivity index (χ4n) is 2.51. The molecule has 2 rings (SSSR count). The highest BCUT2D eigenvalue weighted by Crippen LogP contribution is 2.18. The molecule has 6 heteroatoms. The maximum absolute atomic E-state index is 13.7. The van der Waals surface area contributed by atoms with Crippen LogP contribution in [0.3, 0.4) is 0 Å². The molecule has 23 heavy (non-hydrogen) atoms. The summed E-state index contributed by atoms with van der Waals surface area (Å²) in [7, 11) is 0. The predicted octanol–water partition coefficient (Wildman–Crippen LogP) is 3.66. The van der Waals surface area contributed by atoms with Gasteiger partial charge in [0.15, 0.2) is 17.5 Å². The number of ether oxygens (including phenoxy) is 1. The van der Waals surface area contributed by atoms with Crippen molar-refractivity contribution in [3.05, 3.63) is 30.1 Å². The van der Waals surface area contributed by atoms with Gasteiger partial charge in [-0.2, -0.15) is 0 Å². The topological polar surface area (TPSA) is 36.9 Å². The number of nitrogens with one attached hydrogen (secondary N) is 1. The summed E-state index contributed by atoms with van der Waals surface area (Å²) in [5.74, 6) is 0.919. The lowest BCUT2D eigenvalue weighted by atomic mass is 10.2. The number of likely N-dealkylation sites (tertiary alicyclic amines) is 1. The summed E-state index contributed by atoms with van der Waals surface area (Å²) in [5.41, 5.74) is 0. The molecule has 0 amide bonds. The Bertz CT molecular complexity index is 492. The van der Waals surface area contributed by atoms with E-state index >= 15 is 0 Å². The van der Waals surface area contributed by atoms with E-state index in [1.807, 2.05) is 6.92 Å². The highest BCUT2D eigenvalue weighted by atomic mass is 127. The molecule has 1 atom stereocenters. The standard InChI is InChI=1S/C17H26FN3O.HI/c1-3-14(22-16-10-6-5-9-15(16)18)13-20-17(19-4-2)21-11-7-8-12-21;/h5-6,9-10,14H,3-4,7-8,11-13H2,1-2H3,(H,19,20);1H. The molecule has 0 bridgehead atoms. The number of aliphatic imine (C=N–C) groups is 1. The average molecular weight is 435 g/mol. The van der Waals surface area contributed by atoms with Gasteiger partial charge in [0.05, 0.1) is 6.54 Å². The van der Waals surface area contributed by atoms with Crippen molar-refractivity contribution in [1.29, 1.82) is 0 Å². The molecule has 1 heterocycles. The molecule has 1 aliphatic heterocycles. The Balaban J connectivity index is 0.00000264. The quantitative estimate of drug-likeness (QED) is 0.421. The Morgan fingerprint density at radius 2 is 2.00 bits per heavy atom. The second kappa shape index (κ2) is 10.7. The molecule has 0 radical (unpaired) electrons. The highest BCUT2D eigenvalue weighted by Gasteiger charge is 2.17. The van der Waals surface area contributed by atoms with Gasteiger partial charge in [-0.25, -0.2) is 9.38 Å². The highest BCUT2D eigenvalue weighted by molar-refractivity contribution is 14.0. The third-order valence-corrected chi connectivity index (χ3v) is 3.77. The van der Waals surface area contributed by atoms with Crippen molar-refractivity contribution in [1.82, 2.24) is 10.2 Å². The van der Waals surface area contributed by atoms with Crippen LogP contribution < -0.4 is 10.1 Å². The van der Waals surface area contributed by atoms with Crippen molar-refractivity contribution in [3.63, 3.8) is 0 Å². The van der Waals surface area contributed by atoms with Gasteiger partial charge in [0, 0.05) is 19.6 Å². The second-order valence-electron chi connectivity index (χ2n) is 5.47. The predicted molar refractivity (Wildman–Crippen MR) is 103 cm³/mol. The van der Waals surface area contributed by atoms with Crippen molar-refractivity contribution in [2.24, 2.45) is 4.99 Å². The van der Waals surface area contributed by atoms with Crippen LogP contribution in [0.2, 0.25) is 0 Å². The molecule has 1 aliphatic rings. The van der Waals surface area contributed by atoms with Crippen molar-refractivity contribution in [3.8, 4) is 5.75 Å². The Morgan fingerprint density at radius 1 is 1.30 bits per heavy atom. The number of nitrogens with zero attached hydrogens (tertiary/aromatic N) is 2. The zero-order chi connectivity index (χ0) is 15.8. The zero-order valence-corrected chi connectivity index (χ0v) is 16.3. The van der Waals surface area contributed by atoms with Gasteiger partial charge >= 0.3 is 0 Å². The normalized spacial score (nSPS) is 16.0. The summed E-state index contributed by atoms with van der Waals surface area (Å²) in [6, 6.07) is 6.52. The first-order valence-electron chi connectivity index (χ1n) is 8.19. The van der Waals surface area contributed by atoms with E-state index in [-0.39, 0.29) is 35.9 Å². The zero-order valence-electron chi connectivity index (χ0n) is 13.9. The largest absolute Gasteiger partial charge is 0.485 e. The number of para-hydroxylation sites is 1. The second-order valence-corrected chi connectivity index (χ2v) is 5.47. The Morgan fingerprint density at radius 3 is 2.61 bits per heavy atom. The van der Waals surface area contributed by atoms with Crippen molar-refractivity contribution >= 4 is 29.9 Å². The van der Waals surface area contributed by atoms with Crippen molar-refractivity contribution < 1.29 is 9.13 Å². The summed E-state index contributed by atoms with van der Waals surface area (Å²) in [5, 5.41) is 3.33. The van der Waals surface area contributed by atoms with Gasteiger partial charge < -0.3 is 15.0 Å². The van der Waals surface area contributed by atoms with Gasteiger partial charge in [0.2, 0.25) is 0 Å². The molecule has 1 N–H and O–H groups in total. The lowest BCUT2D eigenvalue weighted by molar-refractivity contribution is 0.196. The Labute approximate surface area is 155 Å². The number of hydrogen-bond donors (Lipinski definition) is 1. The van der Waals surface area contributed by atoms with Gasteiger partial charge in [-0.05, 0) is 38.3 Å². The van der Waals surface area contributed by atoms with E-state index < -0.39 is 0 Å². The fourth-order valence-corrected chi connectivity index (χ4v) is 2.51. The number of guanidine groups is 1. The maximum atomic E-state index is 13.7. The van der Waals surface area contributed by atoms with E-state index in [9.17, 15) is 4.39 Å². The minimum absolute atomic E-state index is 0. The Hall–Kier alpha value is -1.05. The molecule has 1 saturated heterocycles. The van der Waals surface area contributed by atoms with Crippen molar-refractivity contribution in [2.45, 2.75) is 39.2 Å². The van der Waals surface area contributed by atoms with Crippen LogP contribution in [0.15, 0.2) is 29.3 Å². The first-order chi connectivity index (χ1) is 10.7. The average Bonchev–Trinajstić information content (AvgIpc) is 3.06. The summed E-state index contributed by atoms with van der Waals surface area (Å²) in [6.07, 6.45) is 3.10. The third kappa shape index (κ3) is 6.16. The smallest absolute Gasteiger partial charge is 0.194 e. The molecule has 0 aromatic heterocycles. The molecule has 0 aliphatic carbocycles. The number of benzene rings is 1. The summed E-state index contributed by atoms with van der Waals surface area (Å²) in [4.78, 5) is 6.95. The van der Waals surface area contributed by atoms with Crippen LogP contribution in [0.5, 0.6) is 5.75 Å². The number of hydrogen-bond acceptors (Lipinski definition) is 2. The number of rotatable bonds is 6. The molecule has 0 saturated carbocycles. The van der Waals surface area contributed by atoms with Crippen LogP contribution in [-0.4, -0.2) is 43.1 Å². The molecule has 1 aromatic carbocycles. The molecule has 130 valence electrons. The van der Waals surface area contributed by atoms with Gasteiger partial charge in [-0.1, -0.05) is 19.1 Å². The van der Waals surface area contributed by atoms with Gasteiger partial charge in [-0.15, -0.1) is 24.0 Å². The molecule has 1 unspecified atom stereocenters. The molecular weight excluding hydrogens is 408 g/mol. The third-order valence-electron chi connectivity index (χ3n) is 3.77. The lowest BCUT2D eigenvalue weighted by Crippen LogP contribution is -2.40. The fraction of sp³-hybridized carbons (Fsp3) is 0.588. The van der Waals surface area contributed by atoms with Gasteiger partial charge in [-0.3, -0.25) is 0 Å². The van der Waals surface area contributed by atoms with Crippen LogP contribution in [-0.2, 0) is 0 Å². The minimum atomic E-state index is -0.323. The lowest BCUT2D eigenvalue weighted by Gasteiger charge is -2.22. The number of halogens is 2. The minimum Gasteiger partial charge on any atom is -0.485 e. The SMILES string of the molecule is CCNC(=NCC(CC)Oc1ccccc1F)N1CCCC1.I. The van der Waals surface area contributed by atoms with E-state index in [2.05, 4.69) is 22.1 Å². The Kier molecular flexibility index (Phi) is 9.28. The molecule has 1 fully saturated rings. The first-order valence-corrected chi connectivity index (χ1v) is 8.19. The molecule has 4 nitrogen and oxygen atoms in total. The summed E-state index contributed by atoms with van der Waals surface area (Å²) in [6.45, 7) is 7.58. The van der Waals surface area contributed by atoms with E-state index in [0.717, 1.165) is 32.0 Å². The van der Waals surface area contributed by atoms with Gasteiger partial charge in [0.1, 0.15) is 6.10 Å². The van der Waals surface area contributed by atoms with Crippen LogP contribution in [0.4, 0.5) is 4.39 Å². The van der Waals surface area contributed by atoms with Gasteiger partial charge in [0.25, 0.3) is 0 Å². The molecule has 0 spiro atoms. The first kappa shape index (κ1) is 20.0. The van der Waals surface area contributed by atoms with E-state index in [0.29, 0.717) is 12.3 Å². The van der Waals surface area contributed by atoms with E-state index in [1.54, 1.807) is 18.2 Å². The van der Waals surface area contributed by atoms with Crippen molar-refractivity contribution in [2.75, 3.05) is 26.2 Å². The summed E-state index contributed by atoms with van der Waals surface area (Å²) >= 11 is 0. The van der Waals surface area contributed by atoms with E-state index in [1.165, 1.54) is 18.9 Å². The summed E-state index contributed by atoms with van der Waals surface area (Å²) < 4.78 is 19.4. The monoisotopic (exact) mass is 435 g/mol. The maximum Gasteiger partial charge on any atom is 0.194 e. The molecular formula is C17H27FIN3O. The van der Waals surface area contributed by atoms with Crippen LogP contribution >= 0.6 is 24.0 Å². The van der Waals surface area contributed by atoms with Crippen LogP contribution in [0, 0.1) is 5.82 Å². The molecule has 1 aromatic rings.